The molecule has 0 atom stereocenters. The molecule has 24 heavy (non-hydrogen) atoms. The first-order chi connectivity index (χ1) is 11.9. The Labute approximate surface area is 140 Å². The number of para-hydroxylation sites is 1. The van der Waals surface area contributed by atoms with Crippen LogP contribution in [0.5, 0.6) is 0 Å². The van der Waals surface area contributed by atoms with Gasteiger partial charge in [0.2, 0.25) is 5.95 Å². The molecule has 0 amide bonds. The molecule has 2 N–H and O–H groups in total. The van der Waals surface area contributed by atoms with E-state index in [0.717, 1.165) is 51.0 Å². The second-order valence-electron chi connectivity index (χ2n) is 5.88. The molecule has 1 saturated heterocycles. The Morgan fingerprint density at radius 1 is 1.17 bits per heavy atom. The third-order valence-corrected chi connectivity index (χ3v) is 4.31. The van der Waals surface area contributed by atoms with E-state index in [-0.39, 0.29) is 0 Å². The molecule has 0 aliphatic carbocycles. The number of nitrogens with one attached hydrogen (secondary N) is 2. The van der Waals surface area contributed by atoms with Crippen LogP contribution in [0.3, 0.4) is 0 Å². The van der Waals surface area contributed by atoms with Crippen LogP contribution in [0.4, 0.5) is 11.8 Å². The van der Waals surface area contributed by atoms with Crippen molar-refractivity contribution in [2.75, 3.05) is 43.1 Å². The van der Waals surface area contributed by atoms with E-state index in [9.17, 15) is 0 Å². The summed E-state index contributed by atoms with van der Waals surface area (Å²) in [4.78, 5) is 14.5. The van der Waals surface area contributed by atoms with Crippen molar-refractivity contribution in [2.45, 2.75) is 6.42 Å². The summed E-state index contributed by atoms with van der Waals surface area (Å²) in [5.74, 6) is 1.64. The number of morpholine rings is 1. The van der Waals surface area contributed by atoms with Gasteiger partial charge in [-0.05, 0) is 24.1 Å². The Bertz CT molecular complexity index is 810. The minimum Gasteiger partial charge on any atom is -0.378 e. The van der Waals surface area contributed by atoms with E-state index >= 15 is 0 Å². The van der Waals surface area contributed by atoms with E-state index < -0.39 is 0 Å². The maximum atomic E-state index is 5.38. The lowest BCUT2D eigenvalue weighted by atomic mass is 10.1. The predicted molar refractivity (Wildman–Crippen MR) is 95.6 cm³/mol. The zero-order valence-electron chi connectivity index (χ0n) is 13.5. The average Bonchev–Trinajstić information content (AvgIpc) is 3.06. The predicted octanol–water partition coefficient (Wildman–Crippen LogP) is 2.45. The summed E-state index contributed by atoms with van der Waals surface area (Å²) in [6, 6.07) is 10.3. The van der Waals surface area contributed by atoms with Crippen LogP contribution in [-0.2, 0) is 11.2 Å². The highest BCUT2D eigenvalue weighted by atomic mass is 16.5. The van der Waals surface area contributed by atoms with E-state index in [4.69, 9.17) is 4.74 Å². The lowest BCUT2D eigenvalue weighted by Gasteiger charge is -2.26. The lowest BCUT2D eigenvalue weighted by Crippen LogP contribution is -2.37. The van der Waals surface area contributed by atoms with Crippen molar-refractivity contribution in [3.63, 3.8) is 0 Å². The third kappa shape index (κ3) is 3.19. The summed E-state index contributed by atoms with van der Waals surface area (Å²) in [6.45, 7) is 4.00. The van der Waals surface area contributed by atoms with Crippen molar-refractivity contribution >= 4 is 22.7 Å². The molecule has 4 rings (SSSR count). The number of anilines is 2. The molecule has 0 bridgehead atoms. The van der Waals surface area contributed by atoms with Crippen molar-refractivity contribution < 1.29 is 4.74 Å². The molecule has 6 heteroatoms. The fourth-order valence-electron chi connectivity index (χ4n) is 3.03. The van der Waals surface area contributed by atoms with Gasteiger partial charge >= 0.3 is 0 Å². The molecule has 3 aromatic rings. The van der Waals surface area contributed by atoms with Crippen LogP contribution < -0.4 is 10.2 Å². The minimum absolute atomic E-state index is 0.738. The molecule has 1 aliphatic heterocycles. The summed E-state index contributed by atoms with van der Waals surface area (Å²) in [6.07, 6.45) is 4.85. The lowest BCUT2D eigenvalue weighted by molar-refractivity contribution is 0.122. The number of fused-ring (bicyclic) bond motifs is 1. The average molecular weight is 323 g/mol. The van der Waals surface area contributed by atoms with Gasteiger partial charge in [0, 0.05) is 42.9 Å². The van der Waals surface area contributed by atoms with Gasteiger partial charge in [0.25, 0.3) is 0 Å². The number of rotatable bonds is 5. The number of aromatic nitrogens is 3. The highest BCUT2D eigenvalue weighted by Crippen LogP contribution is 2.18. The van der Waals surface area contributed by atoms with E-state index in [1.807, 2.05) is 12.3 Å². The molecular formula is C18H21N5O. The molecule has 3 heterocycles. The Morgan fingerprint density at radius 2 is 2.04 bits per heavy atom. The van der Waals surface area contributed by atoms with Gasteiger partial charge in [-0.3, -0.25) is 0 Å². The Kier molecular flexibility index (Phi) is 4.29. The Balaban J connectivity index is 1.39. The standard InChI is InChI=1S/C18H21N5O/c1-2-4-16-15(3-1)14(13-21-16)5-7-19-17-6-8-20-18(22-17)23-9-11-24-12-10-23/h1-4,6,8,13,21H,5,7,9-12H2,(H,19,20,22). The molecule has 0 unspecified atom stereocenters. The molecule has 6 nitrogen and oxygen atoms in total. The van der Waals surface area contributed by atoms with Gasteiger partial charge in [-0.1, -0.05) is 18.2 Å². The van der Waals surface area contributed by atoms with Gasteiger partial charge in [-0.2, -0.15) is 4.98 Å². The van der Waals surface area contributed by atoms with E-state index in [1.54, 1.807) is 0 Å². The van der Waals surface area contributed by atoms with Crippen LogP contribution in [0.25, 0.3) is 10.9 Å². The molecule has 1 aliphatic rings. The molecule has 0 spiro atoms. The number of benzene rings is 1. The van der Waals surface area contributed by atoms with Gasteiger partial charge in [-0.15, -0.1) is 0 Å². The molecule has 0 saturated carbocycles. The summed E-state index contributed by atoms with van der Waals surface area (Å²) in [5.41, 5.74) is 2.50. The molecule has 124 valence electrons. The van der Waals surface area contributed by atoms with Crippen molar-refractivity contribution in [2.24, 2.45) is 0 Å². The van der Waals surface area contributed by atoms with Crippen LogP contribution in [0.1, 0.15) is 5.56 Å². The first-order valence-corrected chi connectivity index (χ1v) is 8.35. The topological polar surface area (TPSA) is 66.1 Å². The summed E-state index contributed by atoms with van der Waals surface area (Å²) >= 11 is 0. The number of H-pyrrole nitrogens is 1. The maximum absolute atomic E-state index is 5.38. The fraction of sp³-hybridized carbons (Fsp3) is 0.333. The first kappa shape index (κ1) is 15.0. The smallest absolute Gasteiger partial charge is 0.227 e. The van der Waals surface area contributed by atoms with Gasteiger partial charge < -0.3 is 19.9 Å². The van der Waals surface area contributed by atoms with Crippen molar-refractivity contribution in [3.05, 3.63) is 48.3 Å². The highest BCUT2D eigenvalue weighted by Gasteiger charge is 2.13. The molecule has 1 fully saturated rings. The SMILES string of the molecule is c1ccc2c(CCNc3ccnc(N4CCOCC4)n3)c[nH]c2c1. The van der Waals surface area contributed by atoms with E-state index in [0.29, 0.717) is 0 Å². The van der Waals surface area contributed by atoms with E-state index in [2.05, 4.69) is 55.6 Å². The minimum atomic E-state index is 0.738. The van der Waals surface area contributed by atoms with E-state index in [1.165, 1.54) is 16.5 Å². The number of hydrogen-bond donors (Lipinski definition) is 2. The van der Waals surface area contributed by atoms with Gasteiger partial charge in [0.1, 0.15) is 5.82 Å². The van der Waals surface area contributed by atoms with Gasteiger partial charge in [0.15, 0.2) is 0 Å². The molecule has 2 aromatic heterocycles. The highest BCUT2D eigenvalue weighted by molar-refractivity contribution is 5.83. The Morgan fingerprint density at radius 3 is 2.96 bits per heavy atom. The second-order valence-corrected chi connectivity index (χ2v) is 5.88. The monoisotopic (exact) mass is 323 g/mol. The maximum Gasteiger partial charge on any atom is 0.227 e. The second kappa shape index (κ2) is 6.88. The zero-order valence-corrected chi connectivity index (χ0v) is 13.5. The summed E-state index contributed by atoms with van der Waals surface area (Å²) < 4.78 is 5.38. The third-order valence-electron chi connectivity index (χ3n) is 4.31. The first-order valence-electron chi connectivity index (χ1n) is 8.35. The number of hydrogen-bond acceptors (Lipinski definition) is 5. The van der Waals surface area contributed by atoms with Crippen LogP contribution in [0, 0.1) is 0 Å². The molecule has 1 aromatic carbocycles. The largest absolute Gasteiger partial charge is 0.378 e. The van der Waals surface area contributed by atoms with Gasteiger partial charge in [-0.25, -0.2) is 4.98 Å². The molecular weight excluding hydrogens is 302 g/mol. The van der Waals surface area contributed by atoms with Crippen LogP contribution in [-0.4, -0.2) is 47.8 Å². The van der Waals surface area contributed by atoms with Crippen LogP contribution in [0.2, 0.25) is 0 Å². The number of aromatic amines is 1. The van der Waals surface area contributed by atoms with Gasteiger partial charge in [0.05, 0.1) is 13.2 Å². The van der Waals surface area contributed by atoms with Crippen LogP contribution >= 0.6 is 0 Å². The summed E-state index contributed by atoms with van der Waals surface area (Å²) in [7, 11) is 0. The quantitative estimate of drug-likeness (QED) is 0.755. The normalized spacial score (nSPS) is 14.9. The number of nitrogens with zero attached hydrogens (tertiary/aromatic N) is 3. The van der Waals surface area contributed by atoms with Crippen molar-refractivity contribution in [3.8, 4) is 0 Å². The van der Waals surface area contributed by atoms with Crippen LogP contribution in [0.15, 0.2) is 42.7 Å². The molecule has 0 radical (unpaired) electrons. The number of ether oxygens (including phenoxy) is 1. The van der Waals surface area contributed by atoms with Crippen molar-refractivity contribution in [1.29, 1.82) is 0 Å². The summed E-state index contributed by atoms with van der Waals surface area (Å²) in [5, 5.41) is 4.69. The fourth-order valence-corrected chi connectivity index (χ4v) is 3.03. The Hall–Kier alpha value is -2.60. The zero-order chi connectivity index (χ0) is 16.2. The van der Waals surface area contributed by atoms with Crippen molar-refractivity contribution in [1.82, 2.24) is 15.0 Å².